The second kappa shape index (κ2) is 22.3. The van der Waals surface area contributed by atoms with Gasteiger partial charge in [-0.3, -0.25) is 9.59 Å². The van der Waals surface area contributed by atoms with Gasteiger partial charge >= 0.3 is 5.97 Å². The van der Waals surface area contributed by atoms with Gasteiger partial charge in [0.05, 0.1) is 37.8 Å². The summed E-state index contributed by atoms with van der Waals surface area (Å²) in [6.07, 6.45) is -7.64. The van der Waals surface area contributed by atoms with E-state index < -0.39 is 136 Å². The second-order valence-electron chi connectivity index (χ2n) is 14.5. The van der Waals surface area contributed by atoms with E-state index in [1.165, 1.54) is 32.1 Å². The molecule has 54 heavy (non-hydrogen) atoms. The van der Waals surface area contributed by atoms with Crippen LogP contribution in [0.25, 0.3) is 0 Å². The topological polar surface area (TPSA) is 355 Å². The van der Waals surface area contributed by atoms with Crippen LogP contribution in [0.1, 0.15) is 84.0 Å². The van der Waals surface area contributed by atoms with Gasteiger partial charge in [0.15, 0.2) is 18.9 Å². The van der Waals surface area contributed by atoms with E-state index in [1.54, 1.807) is 0 Å². The molecule has 3 fully saturated rings. The molecule has 16 N–H and O–H groups in total. The van der Waals surface area contributed by atoms with Crippen molar-refractivity contribution in [2.75, 3.05) is 19.8 Å². The monoisotopic (exact) mass is 784 g/mol. The molecule has 0 aromatic carbocycles. The summed E-state index contributed by atoms with van der Waals surface area (Å²) in [5.74, 6) is -5.40. The lowest BCUT2D eigenvalue weighted by Gasteiger charge is -2.50. The van der Waals surface area contributed by atoms with Crippen molar-refractivity contribution in [1.29, 1.82) is 0 Å². The van der Waals surface area contributed by atoms with Gasteiger partial charge in [-0.05, 0) is 6.42 Å². The van der Waals surface area contributed by atoms with Crippen molar-refractivity contribution >= 4 is 11.9 Å². The van der Waals surface area contributed by atoms with Crippen molar-refractivity contribution in [3.05, 3.63) is 0 Å². The standard InChI is InChI=1S/C34H64N4O16/c1-2-3-4-5-6-7-8-9-10-11-12-17(30(38)47)13-20(42)53-34(16-41)29(46)26(45)23(37)33(54-34)52-28-19(15-40)50-32(22(36)25(28)44)51-27-18(14-39)49-31(48)21(35)24(27)43/h17-19,21-29,31-33,39-41,43-46,48H,2-16,35-37H2,1H3,(H2,38,47)/t17?,18-,19-,21-,22-,23-,24-,25-,26-,27?,28?,29+,31-,32+,33+,34+/m1/s1. The molecular formula is C34H64N4O16. The lowest BCUT2D eigenvalue weighted by Crippen LogP contribution is -2.72. The zero-order chi connectivity index (χ0) is 40.2. The van der Waals surface area contributed by atoms with Crippen LogP contribution in [0.3, 0.4) is 0 Å². The van der Waals surface area contributed by atoms with Crippen LogP contribution in [0.15, 0.2) is 0 Å². The number of hydrogen-bond acceptors (Lipinski definition) is 19. The molecule has 0 aromatic heterocycles. The van der Waals surface area contributed by atoms with Gasteiger partial charge in [-0.15, -0.1) is 0 Å². The molecule has 316 valence electrons. The summed E-state index contributed by atoms with van der Waals surface area (Å²) in [5.41, 5.74) is 23.6. The first kappa shape index (κ1) is 46.7. The molecule has 20 heteroatoms. The van der Waals surface area contributed by atoms with Crippen LogP contribution in [-0.2, 0) is 38.0 Å². The summed E-state index contributed by atoms with van der Waals surface area (Å²) >= 11 is 0. The van der Waals surface area contributed by atoms with Crippen molar-refractivity contribution in [1.82, 2.24) is 0 Å². The fraction of sp³-hybridized carbons (Fsp3) is 0.941. The van der Waals surface area contributed by atoms with Crippen LogP contribution in [0.5, 0.6) is 0 Å². The molecule has 3 rings (SSSR count). The van der Waals surface area contributed by atoms with E-state index in [0.717, 1.165) is 25.7 Å². The highest BCUT2D eigenvalue weighted by molar-refractivity contribution is 5.82. The predicted octanol–water partition coefficient (Wildman–Crippen LogP) is -4.00. The number of rotatable bonds is 22. The summed E-state index contributed by atoms with van der Waals surface area (Å²) in [7, 11) is 0. The van der Waals surface area contributed by atoms with E-state index in [9.17, 15) is 50.4 Å². The minimum Gasteiger partial charge on any atom is -0.427 e. The highest BCUT2D eigenvalue weighted by Crippen LogP contribution is 2.35. The van der Waals surface area contributed by atoms with Crippen LogP contribution >= 0.6 is 0 Å². The Balaban J connectivity index is 1.63. The number of unbranched alkanes of at least 4 members (excludes halogenated alkanes) is 9. The van der Waals surface area contributed by atoms with E-state index in [0.29, 0.717) is 12.8 Å². The van der Waals surface area contributed by atoms with Crippen molar-refractivity contribution in [3.63, 3.8) is 0 Å². The molecule has 3 aliphatic heterocycles. The average molecular weight is 785 g/mol. The van der Waals surface area contributed by atoms with Gasteiger partial charge in [0.2, 0.25) is 5.91 Å². The highest BCUT2D eigenvalue weighted by atomic mass is 16.8. The van der Waals surface area contributed by atoms with Crippen LogP contribution in [0.4, 0.5) is 0 Å². The maximum absolute atomic E-state index is 13.1. The summed E-state index contributed by atoms with van der Waals surface area (Å²) < 4.78 is 33.5. The number of nitrogens with two attached hydrogens (primary N) is 4. The van der Waals surface area contributed by atoms with Gasteiger partial charge < -0.3 is 92.2 Å². The lowest BCUT2D eigenvalue weighted by molar-refractivity contribution is -0.399. The summed E-state index contributed by atoms with van der Waals surface area (Å²) in [6, 6.07) is -4.41. The molecule has 0 spiro atoms. The first-order chi connectivity index (χ1) is 25.7. The molecule has 3 aliphatic rings. The number of esters is 1. The highest BCUT2D eigenvalue weighted by Gasteiger charge is 2.58. The third-order valence-corrected chi connectivity index (χ3v) is 10.4. The van der Waals surface area contributed by atoms with Gasteiger partial charge in [-0.2, -0.15) is 0 Å². The molecule has 0 saturated carbocycles. The van der Waals surface area contributed by atoms with Crippen LogP contribution < -0.4 is 22.9 Å². The summed E-state index contributed by atoms with van der Waals surface area (Å²) in [5, 5.41) is 83.6. The maximum atomic E-state index is 13.1. The normalized spacial score (nSPS) is 39.3. The fourth-order valence-electron chi connectivity index (χ4n) is 6.96. The molecule has 3 saturated heterocycles. The van der Waals surface area contributed by atoms with Crippen molar-refractivity contribution < 1.29 is 78.9 Å². The van der Waals surface area contributed by atoms with Crippen molar-refractivity contribution in [2.24, 2.45) is 28.9 Å². The SMILES string of the molecule is CCCCCCCCCCCCC(CC(=O)O[C@@]1(CO)O[C@H](OC2[C@@H](CO)O[C@@H](OC3[C@@H](CO)O[C@@H](O)[C@H](N)[C@H]3O)[C@H](N)[C@H]2O)[C@H](N)[C@@H](O)[C@@H]1O)C(N)=O. The van der Waals surface area contributed by atoms with E-state index in [1.807, 2.05) is 0 Å². The van der Waals surface area contributed by atoms with E-state index in [4.69, 9.17) is 51.4 Å². The van der Waals surface area contributed by atoms with Gasteiger partial charge in [0.25, 0.3) is 5.79 Å². The van der Waals surface area contributed by atoms with Crippen LogP contribution in [0, 0.1) is 5.92 Å². The number of primary amides is 1. The molecule has 20 nitrogen and oxygen atoms in total. The van der Waals surface area contributed by atoms with E-state index >= 15 is 0 Å². The molecule has 0 radical (unpaired) electrons. The molecule has 3 heterocycles. The first-order valence-electron chi connectivity index (χ1n) is 19.0. The van der Waals surface area contributed by atoms with Gasteiger partial charge in [-0.25, -0.2) is 0 Å². The zero-order valence-electron chi connectivity index (χ0n) is 30.9. The van der Waals surface area contributed by atoms with Crippen LogP contribution in [-0.4, -0.2) is 164 Å². The smallest absolute Gasteiger partial charge is 0.309 e. The summed E-state index contributed by atoms with van der Waals surface area (Å²) in [6.45, 7) is -0.580. The second-order valence-corrected chi connectivity index (χ2v) is 14.5. The minimum absolute atomic E-state index is 0.297. The maximum Gasteiger partial charge on any atom is 0.309 e. The Kier molecular flexibility index (Phi) is 19.3. The Morgan fingerprint density at radius 1 is 0.704 bits per heavy atom. The molecule has 0 aromatic rings. The van der Waals surface area contributed by atoms with E-state index in [2.05, 4.69) is 6.92 Å². The summed E-state index contributed by atoms with van der Waals surface area (Å²) in [4.78, 5) is 25.3. The Bertz CT molecular complexity index is 1130. The zero-order valence-corrected chi connectivity index (χ0v) is 30.9. The molecule has 0 aliphatic carbocycles. The van der Waals surface area contributed by atoms with E-state index in [-0.39, 0.29) is 0 Å². The quantitative estimate of drug-likeness (QED) is 0.0367. The first-order valence-corrected chi connectivity index (χ1v) is 19.0. The molecule has 16 atom stereocenters. The number of amides is 1. The molecule has 0 bridgehead atoms. The fourth-order valence-corrected chi connectivity index (χ4v) is 6.96. The lowest BCUT2D eigenvalue weighted by atomic mass is 9.93. The van der Waals surface area contributed by atoms with Gasteiger partial charge in [-0.1, -0.05) is 71.1 Å². The Morgan fingerprint density at radius 3 is 1.74 bits per heavy atom. The largest absolute Gasteiger partial charge is 0.427 e. The number of aliphatic hydroxyl groups is 8. The van der Waals surface area contributed by atoms with Gasteiger partial charge in [0.1, 0.15) is 55.4 Å². The van der Waals surface area contributed by atoms with Crippen molar-refractivity contribution in [3.8, 4) is 0 Å². The third kappa shape index (κ3) is 11.9. The molecule has 1 amide bonds. The van der Waals surface area contributed by atoms with Crippen molar-refractivity contribution in [2.45, 2.75) is 176 Å². The Labute approximate surface area is 314 Å². The average Bonchev–Trinajstić information content (AvgIpc) is 3.15. The molecule has 3 unspecified atom stereocenters. The number of carbonyl (C=O) groups is 2. The molecular weight excluding hydrogens is 720 g/mol. The van der Waals surface area contributed by atoms with Gasteiger partial charge in [0, 0.05) is 5.92 Å². The number of ether oxygens (including phenoxy) is 6. The Hall–Kier alpha value is -1.70. The Morgan fingerprint density at radius 2 is 1.20 bits per heavy atom. The minimum atomic E-state index is -2.65. The number of carbonyl (C=O) groups excluding carboxylic acids is 2. The number of hydrogen-bond donors (Lipinski definition) is 12. The van der Waals surface area contributed by atoms with Crippen LogP contribution in [0.2, 0.25) is 0 Å². The predicted molar refractivity (Wildman–Crippen MR) is 186 cm³/mol. The third-order valence-electron chi connectivity index (χ3n) is 10.4. The number of aliphatic hydroxyl groups excluding tert-OH is 8.